The smallest absolute Gasteiger partial charge is 0.490 e. The molecule has 28 heteroatoms. The van der Waals surface area contributed by atoms with E-state index in [2.05, 4.69) is 70.1 Å². The van der Waals surface area contributed by atoms with E-state index in [0.717, 1.165) is 67.9 Å². The predicted molar refractivity (Wildman–Crippen MR) is 208 cm³/mol. The predicted octanol–water partition coefficient (Wildman–Crippen LogP) is 2.53. The van der Waals surface area contributed by atoms with Gasteiger partial charge in [-0.05, 0) is 30.5 Å². The summed E-state index contributed by atoms with van der Waals surface area (Å²) in [6.45, 7) is 4.74. The normalized spacial score (nSPS) is 17.4. The second-order valence-electron chi connectivity index (χ2n) is 14.3. The van der Waals surface area contributed by atoms with Gasteiger partial charge in [0.1, 0.15) is 11.9 Å². The maximum atomic E-state index is 12.6. The number of nitrogens with zero attached hydrogens (tertiary/aromatic N) is 2. The monoisotopic (exact) mass is 967 g/mol. The molecule has 0 saturated carbocycles. The number of anilines is 1. The minimum Gasteiger partial charge on any atom is -0.542 e. The number of halogens is 10. The Bertz CT molecular complexity index is 1560. The Labute approximate surface area is 365 Å². The Balaban J connectivity index is 0.00000150. The molecule has 0 bridgehead atoms. The van der Waals surface area contributed by atoms with Crippen LogP contribution in [0.4, 0.5) is 50.0 Å². The maximum Gasteiger partial charge on any atom is 0.490 e. The van der Waals surface area contributed by atoms with Crippen LogP contribution < -0.4 is 36.8 Å². The Morgan fingerprint density at radius 2 is 1.38 bits per heavy atom. The number of amides is 3. The number of thioether (sulfide) groups is 1. The fourth-order valence-corrected chi connectivity index (χ4v) is 7.26. The number of hydrogen-bond acceptors (Lipinski definition) is 11. The zero-order chi connectivity index (χ0) is 48.8. The summed E-state index contributed by atoms with van der Waals surface area (Å²) in [7, 11) is 6.38. The first-order chi connectivity index (χ1) is 28.9. The highest BCUT2D eigenvalue weighted by Crippen LogP contribution is 2.33. The van der Waals surface area contributed by atoms with E-state index in [0.29, 0.717) is 25.3 Å². The molecule has 0 spiro atoms. The van der Waals surface area contributed by atoms with Crippen LogP contribution in [0.25, 0.3) is 0 Å². The summed E-state index contributed by atoms with van der Waals surface area (Å²) in [5.41, 5.74) is 8.93. The van der Waals surface area contributed by atoms with Gasteiger partial charge in [0.05, 0.1) is 39.3 Å². The fourth-order valence-electron chi connectivity index (χ4n) is 5.46. The number of rotatable bonds is 20. The van der Waals surface area contributed by atoms with Crippen LogP contribution in [0.2, 0.25) is 0 Å². The van der Waals surface area contributed by atoms with Crippen molar-refractivity contribution in [2.45, 2.75) is 74.5 Å². The molecular formula is C35H51ClF9N7O10S. The maximum absolute atomic E-state index is 12.6. The van der Waals surface area contributed by atoms with E-state index in [-0.39, 0.29) is 23.4 Å². The van der Waals surface area contributed by atoms with Gasteiger partial charge in [-0.25, -0.2) is 14.4 Å². The third-order valence-electron chi connectivity index (χ3n) is 8.77. The number of urea groups is 1. The Kier molecular flexibility index (Phi) is 25.7. The third-order valence-corrected chi connectivity index (χ3v) is 10.4. The number of nitrogens with one attached hydrogen (secondary N) is 5. The molecule has 63 heavy (non-hydrogen) atoms. The van der Waals surface area contributed by atoms with E-state index in [1.54, 1.807) is 11.8 Å². The molecule has 1 unspecified atom stereocenters. The first-order valence-corrected chi connectivity index (χ1v) is 20.2. The molecule has 2 fully saturated rings. The molecule has 1 aromatic carbocycles. The number of aliphatic carboxylic acids is 4. The highest BCUT2D eigenvalue weighted by Gasteiger charge is 2.43. The van der Waals surface area contributed by atoms with E-state index in [9.17, 15) is 59.0 Å². The summed E-state index contributed by atoms with van der Waals surface area (Å²) >= 11 is 7.61. The molecule has 2 aliphatic rings. The molecular weight excluding hydrogens is 917 g/mol. The van der Waals surface area contributed by atoms with Crippen molar-refractivity contribution in [3.05, 3.63) is 29.8 Å². The van der Waals surface area contributed by atoms with Crippen molar-refractivity contribution in [2.24, 2.45) is 5.92 Å². The van der Waals surface area contributed by atoms with Gasteiger partial charge in [0.2, 0.25) is 5.91 Å². The lowest BCUT2D eigenvalue weighted by Crippen LogP contribution is -2.44. The summed E-state index contributed by atoms with van der Waals surface area (Å²) in [6.07, 6.45) is -11.9. The van der Waals surface area contributed by atoms with Gasteiger partial charge in [0, 0.05) is 68.6 Å². The van der Waals surface area contributed by atoms with Gasteiger partial charge in [-0.3, -0.25) is 20.4 Å². The minimum atomic E-state index is -5.19. The van der Waals surface area contributed by atoms with E-state index >= 15 is 0 Å². The summed E-state index contributed by atoms with van der Waals surface area (Å²) in [5.74, 6) is -9.58. The van der Waals surface area contributed by atoms with Gasteiger partial charge in [-0.2, -0.15) is 51.3 Å². The van der Waals surface area contributed by atoms with Crippen LogP contribution >= 0.6 is 23.4 Å². The Morgan fingerprint density at radius 1 is 0.873 bits per heavy atom. The molecule has 2 saturated heterocycles. The van der Waals surface area contributed by atoms with Crippen LogP contribution in [0.5, 0.6) is 0 Å². The average Bonchev–Trinajstić information content (AvgIpc) is 3.72. The van der Waals surface area contributed by atoms with Crippen LogP contribution in [0.3, 0.4) is 0 Å². The number of hydrogen-bond donors (Lipinski definition) is 8. The number of carbonyl (C=O) groups is 6. The topological polar surface area (TPSA) is 250 Å². The lowest BCUT2D eigenvalue weighted by atomic mass is 9.97. The highest BCUT2D eigenvalue weighted by molar-refractivity contribution is 8.00. The second-order valence-corrected chi connectivity index (χ2v) is 15.9. The van der Waals surface area contributed by atoms with Crippen molar-refractivity contribution in [1.29, 1.82) is 0 Å². The Hall–Kier alpha value is -4.47. The highest BCUT2D eigenvalue weighted by atomic mass is 35.5. The van der Waals surface area contributed by atoms with E-state index < -0.39 is 54.2 Å². The summed E-state index contributed by atoms with van der Waals surface area (Å²) in [5, 5.41) is 41.6. The standard InChI is InChI=1S/C29H48ClN7O4S.3C2HF3O2/c1-36(16-13-30)22-11-9-21(10-12-22)19-33-32-15-6-18-37(2,3)17-5-14-31-27(38)23(28(39)40)7-4-8-25-26-24(20-42-25)34-29(41)35-26;3*3-2(4,5)1(6)7/h9-12,23-26,32-33H,4-8,13-20H2,1-3H3,(H3-,31,34,35,38,39,40,41);3*(H,6,7)/t23?,24-,25-,26-;;;/m0.../s1. The van der Waals surface area contributed by atoms with Crippen molar-refractivity contribution in [1.82, 2.24) is 26.8 Å². The lowest BCUT2D eigenvalue weighted by Gasteiger charge is -2.30. The van der Waals surface area contributed by atoms with Crippen LogP contribution in [0, 0.1) is 5.92 Å². The molecule has 0 aliphatic carbocycles. The molecule has 2 aliphatic heterocycles. The molecule has 0 radical (unpaired) electrons. The van der Waals surface area contributed by atoms with Crippen molar-refractivity contribution in [3.63, 3.8) is 0 Å². The van der Waals surface area contributed by atoms with Gasteiger partial charge < -0.3 is 50.6 Å². The van der Waals surface area contributed by atoms with Crippen LogP contribution in [0.1, 0.15) is 37.7 Å². The summed E-state index contributed by atoms with van der Waals surface area (Å²) in [4.78, 5) is 64.6. The second kappa shape index (κ2) is 27.7. The van der Waals surface area contributed by atoms with Gasteiger partial charge in [-0.1, -0.05) is 18.6 Å². The Morgan fingerprint density at radius 3 is 1.84 bits per heavy atom. The van der Waals surface area contributed by atoms with Gasteiger partial charge in [0.25, 0.3) is 0 Å². The van der Waals surface area contributed by atoms with Gasteiger partial charge in [-0.15, -0.1) is 11.6 Å². The van der Waals surface area contributed by atoms with E-state index in [4.69, 9.17) is 41.3 Å². The first-order valence-electron chi connectivity index (χ1n) is 18.6. The summed E-state index contributed by atoms with van der Waals surface area (Å²) in [6, 6.07) is 8.55. The number of fused-ring (bicyclic) bond motifs is 1. The number of carboxylic acids is 4. The van der Waals surface area contributed by atoms with Crippen LogP contribution in [-0.2, 0) is 30.5 Å². The molecule has 3 rings (SSSR count). The van der Waals surface area contributed by atoms with Crippen molar-refractivity contribution in [2.75, 3.05) is 70.4 Å². The first kappa shape index (κ1) is 58.5. The number of hydrazine groups is 1. The van der Waals surface area contributed by atoms with Gasteiger partial charge >= 0.3 is 42.5 Å². The van der Waals surface area contributed by atoms with Crippen molar-refractivity contribution >= 4 is 64.9 Å². The molecule has 1 aromatic rings. The molecule has 8 N–H and O–H groups in total. The van der Waals surface area contributed by atoms with Crippen LogP contribution in [-0.4, -0.2) is 157 Å². The zero-order valence-corrected chi connectivity index (χ0v) is 35.7. The van der Waals surface area contributed by atoms with Crippen molar-refractivity contribution in [3.8, 4) is 0 Å². The zero-order valence-electron chi connectivity index (χ0n) is 34.1. The molecule has 362 valence electrons. The molecule has 4 atom stereocenters. The number of carboxylic acid groups (broad SMARTS) is 4. The minimum absolute atomic E-state index is 0.0884. The van der Waals surface area contributed by atoms with E-state index in [1.807, 2.05) is 7.05 Å². The largest absolute Gasteiger partial charge is 0.542 e. The van der Waals surface area contributed by atoms with Crippen LogP contribution in [0.15, 0.2) is 24.3 Å². The molecule has 17 nitrogen and oxygen atoms in total. The molecule has 0 aromatic heterocycles. The number of benzene rings is 1. The lowest BCUT2D eigenvalue weighted by molar-refractivity contribution is -0.890. The SMILES string of the molecule is CN(CCCl)c1ccc(CNNCCC[N+](C)(C)CCCNC(=O)C(CCC[C@@H]2SC[C@@H]3NC(=O)N[C@@H]32)C(=O)O)cc1.O=C(O)C(F)(F)F.O=C(O)C(F)(F)F.O=C([O-])C(F)(F)F. The molecule has 2 heterocycles. The quantitative estimate of drug-likeness (QED) is 0.0178. The molecule has 3 amide bonds. The fraction of sp³-hybridized carbons (Fsp3) is 0.657. The van der Waals surface area contributed by atoms with Crippen molar-refractivity contribution < 1.29 is 93.2 Å². The summed E-state index contributed by atoms with van der Waals surface area (Å²) < 4.78 is 95.8. The third kappa shape index (κ3) is 25.4. The number of carbonyl (C=O) groups excluding carboxylic acids is 3. The number of alkyl halides is 10. The number of quaternary nitrogens is 1. The van der Waals surface area contributed by atoms with Gasteiger partial charge in [0.15, 0.2) is 0 Å². The average molecular weight is 968 g/mol. The van der Waals surface area contributed by atoms with E-state index in [1.165, 1.54) is 5.56 Å².